The van der Waals surface area contributed by atoms with E-state index in [1.54, 1.807) is 0 Å². The fourth-order valence-electron chi connectivity index (χ4n) is 2.98. The van der Waals surface area contributed by atoms with Crippen molar-refractivity contribution in [3.8, 4) is 17.3 Å². The lowest BCUT2D eigenvalue weighted by Crippen LogP contribution is -2.00. The van der Waals surface area contributed by atoms with Crippen molar-refractivity contribution in [1.82, 2.24) is 15.1 Å². The molecule has 0 saturated carbocycles. The number of hydrogen-bond donors (Lipinski definition) is 0. The van der Waals surface area contributed by atoms with Gasteiger partial charge in [0.1, 0.15) is 6.10 Å². The molecule has 1 fully saturated rings. The van der Waals surface area contributed by atoms with Gasteiger partial charge >= 0.3 is 0 Å². The molecule has 1 aromatic carbocycles. The largest absolute Gasteiger partial charge is 0.477 e. The minimum Gasteiger partial charge on any atom is -0.477 e. The van der Waals surface area contributed by atoms with Gasteiger partial charge in [-0.3, -0.25) is 0 Å². The number of fused-ring (bicyclic) bond motifs is 1. The number of pyridine rings is 1. The van der Waals surface area contributed by atoms with Gasteiger partial charge in [0, 0.05) is 12.0 Å². The van der Waals surface area contributed by atoms with Crippen molar-refractivity contribution < 1.29 is 14.0 Å². The van der Waals surface area contributed by atoms with Crippen LogP contribution in [0.5, 0.6) is 5.88 Å². The zero-order chi connectivity index (χ0) is 16.5. The van der Waals surface area contributed by atoms with E-state index in [1.807, 2.05) is 38.1 Å². The first kappa shape index (κ1) is 15.1. The van der Waals surface area contributed by atoms with Crippen LogP contribution in [0, 0.1) is 6.92 Å². The lowest BCUT2D eigenvalue weighted by molar-refractivity contribution is 0.0835. The number of rotatable bonds is 4. The van der Waals surface area contributed by atoms with Crippen LogP contribution in [-0.2, 0) is 4.74 Å². The normalized spacial score (nSPS) is 17.5. The van der Waals surface area contributed by atoms with Gasteiger partial charge in [0.05, 0.1) is 17.7 Å². The quantitative estimate of drug-likeness (QED) is 0.726. The average molecular weight is 325 g/mol. The Balaban J connectivity index is 1.81. The van der Waals surface area contributed by atoms with Crippen molar-refractivity contribution in [1.29, 1.82) is 0 Å². The maximum atomic E-state index is 5.73. The second-order valence-corrected chi connectivity index (χ2v) is 5.88. The lowest BCUT2D eigenvalue weighted by atomic mass is 10.1. The smallest absolute Gasteiger partial charge is 0.256 e. The summed E-state index contributed by atoms with van der Waals surface area (Å²) in [6, 6.07) is 8.08. The molecule has 0 N–H and O–H groups in total. The van der Waals surface area contributed by atoms with Crippen molar-refractivity contribution in [3.05, 3.63) is 35.7 Å². The SMILES string of the molecule is CCOc1nc2c(C)cccc2cc1-c1noc(C2CCCO2)n1. The van der Waals surface area contributed by atoms with Gasteiger partial charge in [-0.15, -0.1) is 0 Å². The van der Waals surface area contributed by atoms with E-state index in [1.165, 1.54) is 0 Å². The number of benzene rings is 1. The van der Waals surface area contributed by atoms with Crippen LogP contribution in [0.2, 0.25) is 0 Å². The first-order chi connectivity index (χ1) is 11.8. The zero-order valence-corrected chi connectivity index (χ0v) is 13.8. The van der Waals surface area contributed by atoms with E-state index in [9.17, 15) is 0 Å². The van der Waals surface area contributed by atoms with E-state index in [4.69, 9.17) is 14.0 Å². The molecule has 0 amide bonds. The fourth-order valence-corrected chi connectivity index (χ4v) is 2.98. The van der Waals surface area contributed by atoms with Gasteiger partial charge in [0.15, 0.2) is 0 Å². The van der Waals surface area contributed by atoms with Crippen LogP contribution in [0.25, 0.3) is 22.3 Å². The predicted octanol–water partition coefficient (Wildman–Crippen LogP) is 3.84. The van der Waals surface area contributed by atoms with Gasteiger partial charge in [0.2, 0.25) is 11.7 Å². The Morgan fingerprint density at radius 3 is 3.00 bits per heavy atom. The topological polar surface area (TPSA) is 70.3 Å². The Bertz CT molecular complexity index is 869. The van der Waals surface area contributed by atoms with Crippen LogP contribution >= 0.6 is 0 Å². The highest BCUT2D eigenvalue weighted by molar-refractivity contribution is 5.87. The minimum atomic E-state index is -0.0996. The Hall–Kier alpha value is -2.47. The summed E-state index contributed by atoms with van der Waals surface area (Å²) >= 11 is 0. The standard InChI is InChI=1S/C18H19N3O3/c1-3-22-17-13(10-12-7-4-6-11(2)15(12)19-17)16-20-18(24-21-16)14-8-5-9-23-14/h4,6-7,10,14H,3,5,8-9H2,1-2H3. The van der Waals surface area contributed by atoms with E-state index in [0.717, 1.165) is 41.5 Å². The number of para-hydroxylation sites is 1. The molecule has 0 spiro atoms. The summed E-state index contributed by atoms with van der Waals surface area (Å²) in [5.74, 6) is 1.54. The van der Waals surface area contributed by atoms with E-state index in [2.05, 4.69) is 15.1 Å². The molecule has 1 unspecified atom stereocenters. The number of nitrogens with zero attached hydrogens (tertiary/aromatic N) is 3. The zero-order valence-electron chi connectivity index (χ0n) is 13.8. The van der Waals surface area contributed by atoms with Gasteiger partial charge in [-0.2, -0.15) is 4.98 Å². The summed E-state index contributed by atoms with van der Waals surface area (Å²) in [5.41, 5.74) is 2.77. The van der Waals surface area contributed by atoms with Crippen molar-refractivity contribution in [2.24, 2.45) is 0 Å². The molecule has 0 bridgehead atoms. The molecular formula is C18H19N3O3. The molecular weight excluding hydrogens is 306 g/mol. The van der Waals surface area contributed by atoms with E-state index in [-0.39, 0.29) is 6.10 Å². The highest BCUT2D eigenvalue weighted by Gasteiger charge is 2.25. The van der Waals surface area contributed by atoms with Crippen LogP contribution in [0.15, 0.2) is 28.8 Å². The number of ether oxygens (including phenoxy) is 2. The Kier molecular flexibility index (Phi) is 3.90. The molecule has 0 aliphatic carbocycles. The molecule has 0 radical (unpaired) electrons. The summed E-state index contributed by atoms with van der Waals surface area (Å²) in [6.07, 6.45) is 1.83. The molecule has 3 aromatic rings. The summed E-state index contributed by atoms with van der Waals surface area (Å²) in [5, 5.41) is 5.14. The summed E-state index contributed by atoms with van der Waals surface area (Å²) in [6.45, 7) is 5.23. The molecule has 1 aliphatic heterocycles. The molecule has 4 rings (SSSR count). The van der Waals surface area contributed by atoms with E-state index in [0.29, 0.717) is 24.2 Å². The monoisotopic (exact) mass is 325 g/mol. The van der Waals surface area contributed by atoms with Gasteiger partial charge in [-0.1, -0.05) is 23.4 Å². The number of aromatic nitrogens is 3. The van der Waals surface area contributed by atoms with Crippen LogP contribution in [0.1, 0.15) is 37.3 Å². The summed E-state index contributed by atoms with van der Waals surface area (Å²) in [4.78, 5) is 9.18. The number of hydrogen-bond acceptors (Lipinski definition) is 6. The third-order valence-electron chi connectivity index (χ3n) is 4.18. The summed E-state index contributed by atoms with van der Waals surface area (Å²) in [7, 11) is 0. The highest BCUT2D eigenvalue weighted by atomic mass is 16.5. The van der Waals surface area contributed by atoms with Gasteiger partial charge < -0.3 is 14.0 Å². The molecule has 1 aliphatic rings. The maximum Gasteiger partial charge on any atom is 0.256 e. The highest BCUT2D eigenvalue weighted by Crippen LogP contribution is 2.33. The molecule has 2 aromatic heterocycles. The van der Waals surface area contributed by atoms with Crippen molar-refractivity contribution >= 4 is 10.9 Å². The van der Waals surface area contributed by atoms with E-state index < -0.39 is 0 Å². The van der Waals surface area contributed by atoms with Crippen LogP contribution in [0.3, 0.4) is 0 Å². The van der Waals surface area contributed by atoms with Gasteiger partial charge in [0.25, 0.3) is 5.89 Å². The molecule has 6 heteroatoms. The maximum absolute atomic E-state index is 5.73. The molecule has 24 heavy (non-hydrogen) atoms. The third kappa shape index (κ3) is 2.63. The van der Waals surface area contributed by atoms with Crippen LogP contribution in [-0.4, -0.2) is 28.3 Å². The minimum absolute atomic E-state index is 0.0996. The molecule has 124 valence electrons. The first-order valence-corrected chi connectivity index (χ1v) is 8.25. The van der Waals surface area contributed by atoms with Gasteiger partial charge in [-0.25, -0.2) is 4.98 Å². The predicted molar refractivity (Wildman–Crippen MR) is 88.9 cm³/mol. The Labute approximate surface area is 139 Å². The molecule has 6 nitrogen and oxygen atoms in total. The lowest BCUT2D eigenvalue weighted by Gasteiger charge is -2.09. The van der Waals surface area contributed by atoms with Crippen molar-refractivity contribution in [2.75, 3.05) is 13.2 Å². The third-order valence-corrected chi connectivity index (χ3v) is 4.18. The molecule has 3 heterocycles. The van der Waals surface area contributed by atoms with Crippen molar-refractivity contribution in [3.63, 3.8) is 0 Å². The molecule has 1 saturated heterocycles. The van der Waals surface area contributed by atoms with Crippen molar-refractivity contribution in [2.45, 2.75) is 32.8 Å². The number of aryl methyl sites for hydroxylation is 1. The van der Waals surface area contributed by atoms with Crippen LogP contribution in [0.4, 0.5) is 0 Å². The second-order valence-electron chi connectivity index (χ2n) is 5.88. The average Bonchev–Trinajstić information content (AvgIpc) is 3.27. The fraction of sp³-hybridized carbons (Fsp3) is 0.389. The van der Waals surface area contributed by atoms with E-state index >= 15 is 0 Å². The first-order valence-electron chi connectivity index (χ1n) is 8.25. The molecule has 1 atom stereocenters. The Morgan fingerprint density at radius 1 is 1.29 bits per heavy atom. The Morgan fingerprint density at radius 2 is 2.21 bits per heavy atom. The summed E-state index contributed by atoms with van der Waals surface area (Å²) < 4.78 is 16.7. The van der Waals surface area contributed by atoms with Crippen LogP contribution < -0.4 is 4.74 Å². The van der Waals surface area contributed by atoms with Gasteiger partial charge in [-0.05, 0) is 38.3 Å². The second kappa shape index (κ2) is 6.20.